The minimum Gasteiger partial charge on any atom is -0.318 e. The molecular formula is C18H23FN4O. The molecule has 0 bridgehead atoms. The van der Waals surface area contributed by atoms with Crippen LogP contribution in [0.2, 0.25) is 0 Å². The number of halogens is 1. The van der Waals surface area contributed by atoms with Crippen LogP contribution in [0.1, 0.15) is 48.1 Å². The highest BCUT2D eigenvalue weighted by Crippen LogP contribution is 2.25. The lowest BCUT2D eigenvalue weighted by atomic mass is 9.99. The van der Waals surface area contributed by atoms with Gasteiger partial charge in [-0.2, -0.15) is 5.10 Å². The van der Waals surface area contributed by atoms with Crippen molar-refractivity contribution in [1.82, 2.24) is 15.1 Å². The third-order valence-corrected chi connectivity index (χ3v) is 4.21. The number of nitrogens with zero attached hydrogens (tertiary/aromatic N) is 2. The molecule has 0 radical (unpaired) electrons. The Bertz CT molecular complexity index is 789. The molecule has 0 saturated carbocycles. The minimum absolute atomic E-state index is 0.212. The molecule has 2 aromatic rings. The van der Waals surface area contributed by atoms with Gasteiger partial charge in [-0.15, -0.1) is 0 Å². The summed E-state index contributed by atoms with van der Waals surface area (Å²) >= 11 is 0. The van der Waals surface area contributed by atoms with E-state index in [4.69, 9.17) is 0 Å². The Morgan fingerprint density at radius 3 is 2.79 bits per heavy atom. The molecule has 3 rings (SSSR count). The number of carbonyl (C=O) groups excluding carboxylic acids is 1. The lowest BCUT2D eigenvalue weighted by molar-refractivity contribution is 0.102. The van der Waals surface area contributed by atoms with E-state index in [9.17, 15) is 9.18 Å². The monoisotopic (exact) mass is 330 g/mol. The predicted molar refractivity (Wildman–Crippen MR) is 91.7 cm³/mol. The Morgan fingerprint density at radius 2 is 2.12 bits per heavy atom. The highest BCUT2D eigenvalue weighted by Gasteiger charge is 2.22. The predicted octanol–water partition coefficient (Wildman–Crippen LogP) is 2.98. The molecule has 0 atom stereocenters. The first-order valence-electron chi connectivity index (χ1n) is 8.17. The fourth-order valence-corrected chi connectivity index (χ4v) is 3.08. The Balaban J connectivity index is 1.86. The van der Waals surface area contributed by atoms with Crippen LogP contribution in [0.5, 0.6) is 0 Å². The zero-order valence-electron chi connectivity index (χ0n) is 14.5. The number of anilines is 1. The van der Waals surface area contributed by atoms with Gasteiger partial charge in [0.15, 0.2) is 5.69 Å². The number of aromatic nitrogens is 2. The second-order valence-corrected chi connectivity index (χ2v) is 7.20. The van der Waals surface area contributed by atoms with Gasteiger partial charge in [-0.25, -0.2) is 4.39 Å². The van der Waals surface area contributed by atoms with Crippen molar-refractivity contribution >= 4 is 11.6 Å². The van der Waals surface area contributed by atoms with Crippen molar-refractivity contribution in [2.24, 2.45) is 0 Å². The van der Waals surface area contributed by atoms with E-state index in [1.54, 1.807) is 16.8 Å². The van der Waals surface area contributed by atoms with Crippen molar-refractivity contribution in [3.8, 4) is 0 Å². The van der Waals surface area contributed by atoms with Crippen LogP contribution in [0.25, 0.3) is 0 Å². The summed E-state index contributed by atoms with van der Waals surface area (Å²) in [6.45, 7) is 9.37. The number of amides is 1. The summed E-state index contributed by atoms with van der Waals surface area (Å²) in [7, 11) is 0. The average Bonchev–Trinajstić information content (AvgIpc) is 2.92. The van der Waals surface area contributed by atoms with Crippen LogP contribution in [-0.2, 0) is 18.5 Å². The van der Waals surface area contributed by atoms with Gasteiger partial charge in [0.1, 0.15) is 5.82 Å². The first kappa shape index (κ1) is 16.6. The topological polar surface area (TPSA) is 59.0 Å². The standard InChI is InChI=1S/C18H23FN4O/c1-11-9-15(22-23(11)18(2,3)4)17(24)21-14-6-5-12-10-20-8-7-13(12)16(14)19/h5-6,9,20H,7-8,10H2,1-4H3,(H,21,24). The first-order chi connectivity index (χ1) is 11.3. The second kappa shape index (κ2) is 6.02. The number of hydrogen-bond acceptors (Lipinski definition) is 3. The van der Waals surface area contributed by atoms with E-state index in [0.29, 0.717) is 24.2 Å². The van der Waals surface area contributed by atoms with Gasteiger partial charge in [0.2, 0.25) is 0 Å². The molecule has 1 aliphatic heterocycles. The first-order valence-corrected chi connectivity index (χ1v) is 8.17. The highest BCUT2D eigenvalue weighted by atomic mass is 19.1. The van der Waals surface area contributed by atoms with Crippen LogP contribution >= 0.6 is 0 Å². The van der Waals surface area contributed by atoms with Crippen molar-refractivity contribution in [1.29, 1.82) is 0 Å². The number of nitrogens with one attached hydrogen (secondary N) is 2. The molecule has 24 heavy (non-hydrogen) atoms. The van der Waals surface area contributed by atoms with Crippen molar-refractivity contribution in [3.63, 3.8) is 0 Å². The van der Waals surface area contributed by atoms with E-state index >= 15 is 0 Å². The highest BCUT2D eigenvalue weighted by molar-refractivity contribution is 6.03. The number of aryl methyl sites for hydroxylation is 1. The molecule has 1 aromatic heterocycles. The van der Waals surface area contributed by atoms with Gasteiger partial charge in [0.05, 0.1) is 11.2 Å². The molecule has 5 nitrogen and oxygen atoms in total. The Labute approximate surface area is 141 Å². The smallest absolute Gasteiger partial charge is 0.276 e. The van der Waals surface area contributed by atoms with Gasteiger partial charge in [-0.3, -0.25) is 9.48 Å². The van der Waals surface area contributed by atoms with Crippen LogP contribution in [0.15, 0.2) is 18.2 Å². The number of carbonyl (C=O) groups is 1. The summed E-state index contributed by atoms with van der Waals surface area (Å²) in [6.07, 6.45) is 0.628. The van der Waals surface area contributed by atoms with E-state index in [-0.39, 0.29) is 17.0 Å². The quantitative estimate of drug-likeness (QED) is 0.890. The summed E-state index contributed by atoms with van der Waals surface area (Å²) in [5.41, 5.74) is 2.81. The molecule has 6 heteroatoms. The van der Waals surface area contributed by atoms with Gasteiger partial charge in [-0.1, -0.05) is 6.07 Å². The summed E-state index contributed by atoms with van der Waals surface area (Å²) in [5, 5.41) is 10.2. The van der Waals surface area contributed by atoms with Crippen LogP contribution in [0, 0.1) is 12.7 Å². The van der Waals surface area contributed by atoms with Crippen molar-refractivity contribution in [3.05, 3.63) is 46.5 Å². The fraction of sp³-hybridized carbons (Fsp3) is 0.444. The fourth-order valence-electron chi connectivity index (χ4n) is 3.08. The van der Waals surface area contributed by atoms with Crippen molar-refractivity contribution < 1.29 is 9.18 Å². The largest absolute Gasteiger partial charge is 0.318 e. The van der Waals surface area contributed by atoms with Gasteiger partial charge in [0.25, 0.3) is 5.91 Å². The van der Waals surface area contributed by atoms with Gasteiger partial charge >= 0.3 is 0 Å². The molecule has 1 aromatic carbocycles. The average molecular weight is 330 g/mol. The molecule has 1 amide bonds. The zero-order valence-corrected chi connectivity index (χ0v) is 14.5. The number of fused-ring (bicyclic) bond motifs is 1. The SMILES string of the molecule is Cc1cc(C(=O)Nc2ccc3c(c2F)CCNC3)nn1C(C)(C)C. The maximum absolute atomic E-state index is 14.6. The Kier molecular flexibility index (Phi) is 4.17. The number of rotatable bonds is 2. The molecule has 0 spiro atoms. The third kappa shape index (κ3) is 3.06. The van der Waals surface area contributed by atoms with Crippen LogP contribution in [0.3, 0.4) is 0 Å². The molecule has 0 aliphatic carbocycles. The minimum atomic E-state index is -0.395. The van der Waals surface area contributed by atoms with Gasteiger partial charge < -0.3 is 10.6 Å². The lowest BCUT2D eigenvalue weighted by Crippen LogP contribution is -2.26. The summed E-state index contributed by atoms with van der Waals surface area (Å²) in [6, 6.07) is 5.20. The summed E-state index contributed by atoms with van der Waals surface area (Å²) in [5.74, 6) is -0.733. The van der Waals surface area contributed by atoms with Gasteiger partial charge in [-0.05, 0) is 63.9 Å². The second-order valence-electron chi connectivity index (χ2n) is 7.20. The maximum atomic E-state index is 14.6. The van der Waals surface area contributed by atoms with Crippen molar-refractivity contribution in [2.45, 2.75) is 46.2 Å². The van der Waals surface area contributed by atoms with Gasteiger partial charge in [0, 0.05) is 12.2 Å². The molecule has 0 unspecified atom stereocenters. The third-order valence-electron chi connectivity index (χ3n) is 4.21. The molecule has 0 saturated heterocycles. The normalized spacial score (nSPS) is 14.4. The molecule has 1 aliphatic rings. The van der Waals surface area contributed by atoms with E-state index in [1.807, 2.05) is 33.8 Å². The number of benzene rings is 1. The van der Waals surface area contributed by atoms with Crippen LogP contribution in [-0.4, -0.2) is 22.2 Å². The zero-order chi connectivity index (χ0) is 17.5. The molecule has 0 fully saturated rings. The maximum Gasteiger partial charge on any atom is 0.276 e. The summed E-state index contributed by atoms with van der Waals surface area (Å²) in [4.78, 5) is 12.5. The number of hydrogen-bond donors (Lipinski definition) is 2. The van der Waals surface area contributed by atoms with E-state index < -0.39 is 5.91 Å². The molecule has 2 heterocycles. The van der Waals surface area contributed by atoms with Crippen molar-refractivity contribution in [2.75, 3.05) is 11.9 Å². The lowest BCUT2D eigenvalue weighted by Gasteiger charge is -2.21. The molecular weight excluding hydrogens is 307 g/mol. The van der Waals surface area contributed by atoms with Crippen LogP contribution in [0.4, 0.5) is 10.1 Å². The van der Waals surface area contributed by atoms with E-state index in [1.165, 1.54) is 0 Å². The summed E-state index contributed by atoms with van der Waals surface area (Å²) < 4.78 is 16.4. The molecule has 2 N–H and O–H groups in total. The molecule has 128 valence electrons. The van der Waals surface area contributed by atoms with E-state index in [0.717, 1.165) is 17.8 Å². The Hall–Kier alpha value is -2.21. The van der Waals surface area contributed by atoms with Crippen LogP contribution < -0.4 is 10.6 Å². The van der Waals surface area contributed by atoms with E-state index in [2.05, 4.69) is 15.7 Å². The Morgan fingerprint density at radius 1 is 1.38 bits per heavy atom.